The summed E-state index contributed by atoms with van der Waals surface area (Å²) in [5, 5.41) is 0. The van der Waals surface area contributed by atoms with Crippen LogP contribution in [0.5, 0.6) is 0 Å². The van der Waals surface area contributed by atoms with Gasteiger partial charge in [-0.05, 0) is 37.1 Å². The van der Waals surface area contributed by atoms with E-state index in [4.69, 9.17) is 11.6 Å². The molecule has 9 heteroatoms. The second-order valence-corrected chi connectivity index (χ2v) is 10.3. The molecule has 0 saturated carbocycles. The maximum Gasteiger partial charge on any atom is 0.244 e. The van der Waals surface area contributed by atoms with Crippen molar-refractivity contribution in [3.05, 3.63) is 58.5 Å². The number of hydrogen-bond donors (Lipinski definition) is 0. The predicted molar refractivity (Wildman–Crippen MR) is 111 cm³/mol. The summed E-state index contributed by atoms with van der Waals surface area (Å²) < 4.78 is 27.5. The summed E-state index contributed by atoms with van der Waals surface area (Å²) >= 11 is 7.44. The number of carbonyl (C=O) groups is 1. The minimum absolute atomic E-state index is 0.0304. The number of pyridine rings is 1. The van der Waals surface area contributed by atoms with Crippen molar-refractivity contribution >= 4 is 38.9 Å². The molecule has 0 radical (unpaired) electrons. The summed E-state index contributed by atoms with van der Waals surface area (Å²) in [6.45, 7) is 5.31. The van der Waals surface area contributed by atoms with Crippen LogP contribution in [-0.4, -0.2) is 48.1 Å². The molecule has 28 heavy (non-hydrogen) atoms. The third kappa shape index (κ3) is 4.81. The molecule has 0 aromatic carbocycles. The fourth-order valence-electron chi connectivity index (χ4n) is 3.26. The van der Waals surface area contributed by atoms with Crippen LogP contribution in [-0.2, 0) is 21.4 Å². The Balaban J connectivity index is 1.64. The third-order valence-electron chi connectivity index (χ3n) is 4.71. The van der Waals surface area contributed by atoms with Crippen LogP contribution in [0.1, 0.15) is 17.7 Å². The zero-order valence-electron chi connectivity index (χ0n) is 15.3. The zero-order valence-corrected chi connectivity index (χ0v) is 17.7. The lowest BCUT2D eigenvalue weighted by atomic mass is 9.96. The van der Waals surface area contributed by atoms with Gasteiger partial charge in [0.05, 0.1) is 10.9 Å². The fourth-order valence-corrected chi connectivity index (χ4v) is 5.80. The Hall–Kier alpha value is -1.74. The Kier molecular flexibility index (Phi) is 6.87. The maximum absolute atomic E-state index is 13.0. The first-order chi connectivity index (χ1) is 13.4. The summed E-state index contributed by atoms with van der Waals surface area (Å²) in [6.07, 6.45) is 5.59. The van der Waals surface area contributed by atoms with Crippen molar-refractivity contribution in [3.63, 3.8) is 0 Å². The van der Waals surface area contributed by atoms with Gasteiger partial charge in [-0.15, -0.1) is 17.9 Å². The van der Waals surface area contributed by atoms with E-state index in [0.29, 0.717) is 43.4 Å². The highest BCUT2D eigenvalue weighted by molar-refractivity contribution is 7.89. The Morgan fingerprint density at radius 3 is 2.68 bits per heavy atom. The van der Waals surface area contributed by atoms with E-state index in [0.717, 1.165) is 4.88 Å². The number of carbonyl (C=O) groups excluding carboxylic acids is 1. The highest BCUT2D eigenvalue weighted by atomic mass is 35.5. The van der Waals surface area contributed by atoms with Crippen molar-refractivity contribution in [1.82, 2.24) is 14.2 Å². The maximum atomic E-state index is 13.0. The van der Waals surface area contributed by atoms with Crippen molar-refractivity contribution in [2.75, 3.05) is 19.6 Å². The van der Waals surface area contributed by atoms with Gasteiger partial charge in [0.15, 0.2) is 0 Å². The number of piperidine rings is 1. The summed E-state index contributed by atoms with van der Waals surface area (Å²) in [5.74, 6) is -0.168. The molecule has 3 rings (SSSR count). The molecule has 1 aliphatic rings. The van der Waals surface area contributed by atoms with Gasteiger partial charge in [-0.3, -0.25) is 9.78 Å². The van der Waals surface area contributed by atoms with Gasteiger partial charge in [-0.2, -0.15) is 4.31 Å². The highest BCUT2D eigenvalue weighted by Crippen LogP contribution is 2.27. The average Bonchev–Trinajstić information content (AvgIpc) is 3.12. The number of nitrogens with zero attached hydrogens (tertiary/aromatic N) is 3. The topological polar surface area (TPSA) is 70.6 Å². The average molecular weight is 440 g/mol. The summed E-state index contributed by atoms with van der Waals surface area (Å²) in [7, 11) is -3.57. The van der Waals surface area contributed by atoms with Crippen molar-refractivity contribution in [1.29, 1.82) is 0 Å². The van der Waals surface area contributed by atoms with Crippen LogP contribution in [0.4, 0.5) is 0 Å². The lowest BCUT2D eigenvalue weighted by Crippen LogP contribution is -2.44. The van der Waals surface area contributed by atoms with Gasteiger partial charge in [0.2, 0.25) is 15.9 Å². The summed E-state index contributed by atoms with van der Waals surface area (Å²) in [6, 6.07) is 6.88. The number of hydrogen-bond acceptors (Lipinski definition) is 5. The molecular weight excluding hydrogens is 418 g/mol. The first-order valence-corrected chi connectivity index (χ1v) is 11.6. The normalized spacial score (nSPS) is 16.0. The van der Waals surface area contributed by atoms with Gasteiger partial charge in [-0.25, -0.2) is 8.42 Å². The summed E-state index contributed by atoms with van der Waals surface area (Å²) in [4.78, 5) is 19.8. The molecule has 0 aliphatic carbocycles. The molecule has 0 spiro atoms. The van der Waals surface area contributed by atoms with Gasteiger partial charge >= 0.3 is 0 Å². The van der Waals surface area contributed by atoms with Gasteiger partial charge in [0, 0.05) is 42.8 Å². The fraction of sp³-hybridized carbons (Fsp3) is 0.368. The van der Waals surface area contributed by atoms with Crippen LogP contribution in [0.25, 0.3) is 0 Å². The number of rotatable bonds is 7. The molecule has 1 amide bonds. The molecule has 0 unspecified atom stereocenters. The van der Waals surface area contributed by atoms with E-state index in [-0.39, 0.29) is 16.7 Å². The van der Waals surface area contributed by atoms with E-state index in [9.17, 15) is 13.2 Å². The highest BCUT2D eigenvalue weighted by Gasteiger charge is 2.33. The van der Waals surface area contributed by atoms with E-state index in [1.807, 2.05) is 12.1 Å². The minimum Gasteiger partial charge on any atom is -0.334 e. The number of thiophene rings is 1. The van der Waals surface area contributed by atoms with Crippen molar-refractivity contribution in [3.8, 4) is 0 Å². The first kappa shape index (κ1) is 21.0. The Morgan fingerprint density at radius 1 is 1.36 bits per heavy atom. The van der Waals surface area contributed by atoms with Crippen molar-refractivity contribution in [2.45, 2.75) is 24.3 Å². The predicted octanol–water partition coefficient (Wildman–Crippen LogP) is 3.41. The van der Waals surface area contributed by atoms with Crippen LogP contribution in [0.2, 0.25) is 4.34 Å². The first-order valence-electron chi connectivity index (χ1n) is 8.96. The molecule has 0 atom stereocenters. The van der Waals surface area contributed by atoms with E-state index in [2.05, 4.69) is 11.6 Å². The number of halogens is 1. The van der Waals surface area contributed by atoms with Gasteiger partial charge < -0.3 is 4.90 Å². The van der Waals surface area contributed by atoms with Gasteiger partial charge in [-0.1, -0.05) is 17.7 Å². The molecule has 6 nitrogen and oxygen atoms in total. The SMILES string of the molecule is C=CCN(Cc1ccc(Cl)s1)C(=O)C1CCN(S(=O)(=O)c2cccnc2)CC1. The Labute approximate surface area is 174 Å². The van der Waals surface area contributed by atoms with Crippen molar-refractivity contribution in [2.24, 2.45) is 5.92 Å². The molecule has 0 N–H and O–H groups in total. The smallest absolute Gasteiger partial charge is 0.244 e. The van der Waals surface area contributed by atoms with Gasteiger partial charge in [0.1, 0.15) is 4.90 Å². The monoisotopic (exact) mass is 439 g/mol. The van der Waals surface area contributed by atoms with E-state index >= 15 is 0 Å². The second kappa shape index (κ2) is 9.17. The number of aromatic nitrogens is 1. The lowest BCUT2D eigenvalue weighted by molar-refractivity contribution is -0.136. The van der Waals surface area contributed by atoms with E-state index in [1.54, 1.807) is 23.2 Å². The minimum atomic E-state index is -3.57. The number of amides is 1. The Bertz CT molecular complexity index is 923. The van der Waals surface area contributed by atoms with Crippen LogP contribution in [0, 0.1) is 5.92 Å². The Morgan fingerprint density at radius 2 is 2.11 bits per heavy atom. The van der Waals surface area contributed by atoms with E-state index in [1.165, 1.54) is 27.9 Å². The van der Waals surface area contributed by atoms with Crippen LogP contribution in [0.3, 0.4) is 0 Å². The molecule has 3 heterocycles. The molecule has 2 aromatic rings. The lowest BCUT2D eigenvalue weighted by Gasteiger charge is -2.33. The molecule has 0 bridgehead atoms. The van der Waals surface area contributed by atoms with E-state index < -0.39 is 10.0 Å². The van der Waals surface area contributed by atoms with Crippen LogP contribution >= 0.6 is 22.9 Å². The quantitative estimate of drug-likeness (QED) is 0.620. The largest absolute Gasteiger partial charge is 0.334 e. The molecular formula is C19H22ClN3O3S2. The van der Waals surface area contributed by atoms with Crippen LogP contribution < -0.4 is 0 Å². The molecule has 1 aliphatic heterocycles. The second-order valence-electron chi connectivity index (χ2n) is 6.58. The molecule has 2 aromatic heterocycles. The standard InChI is InChI=1S/C19H22ClN3O3S2/c1-2-10-22(14-16-5-6-18(20)27-16)19(24)15-7-11-23(12-8-15)28(25,26)17-4-3-9-21-13-17/h2-6,9,13,15H,1,7-8,10-12,14H2. The molecule has 150 valence electrons. The molecule has 1 saturated heterocycles. The van der Waals surface area contributed by atoms with Gasteiger partial charge in [0.25, 0.3) is 0 Å². The van der Waals surface area contributed by atoms with Crippen LogP contribution in [0.15, 0.2) is 54.2 Å². The molecule has 1 fully saturated rings. The zero-order chi connectivity index (χ0) is 20.1. The summed E-state index contributed by atoms with van der Waals surface area (Å²) in [5.41, 5.74) is 0. The third-order valence-corrected chi connectivity index (χ3v) is 7.81. The van der Waals surface area contributed by atoms with Crippen molar-refractivity contribution < 1.29 is 13.2 Å². The number of sulfonamides is 1.